The van der Waals surface area contributed by atoms with Crippen molar-refractivity contribution in [2.24, 2.45) is 0 Å². The first kappa shape index (κ1) is 12.8. The first-order valence-corrected chi connectivity index (χ1v) is 6.14. The fourth-order valence-electron chi connectivity index (χ4n) is 2.10. The molecule has 98 valence electrons. The van der Waals surface area contributed by atoms with Crippen molar-refractivity contribution in [1.82, 2.24) is 10.2 Å². The molecule has 1 aromatic heterocycles. The van der Waals surface area contributed by atoms with Crippen LogP contribution in [0.15, 0.2) is 12.1 Å². The summed E-state index contributed by atoms with van der Waals surface area (Å²) < 4.78 is 5.58. The number of anilines is 1. The topological polar surface area (TPSA) is 75.5 Å². The van der Waals surface area contributed by atoms with Crippen LogP contribution in [0.4, 0.5) is 5.82 Å². The van der Waals surface area contributed by atoms with Crippen LogP contribution in [0.1, 0.15) is 30.3 Å². The molecule has 0 bridgehead atoms. The molecule has 0 unspecified atom stereocenters. The number of nitrogens with zero attached hydrogens (tertiary/aromatic N) is 3. The summed E-state index contributed by atoms with van der Waals surface area (Å²) in [4.78, 5) is 12.8. The van der Waals surface area contributed by atoms with Gasteiger partial charge in [-0.25, -0.2) is 4.79 Å². The Bertz CT molecular complexity index is 400. The van der Waals surface area contributed by atoms with E-state index in [0.29, 0.717) is 6.10 Å². The van der Waals surface area contributed by atoms with Gasteiger partial charge in [-0.1, -0.05) is 0 Å². The van der Waals surface area contributed by atoms with Crippen molar-refractivity contribution in [3.63, 3.8) is 0 Å². The summed E-state index contributed by atoms with van der Waals surface area (Å²) >= 11 is 0. The highest BCUT2D eigenvalue weighted by Gasteiger charge is 2.20. The molecule has 0 spiro atoms. The zero-order valence-electron chi connectivity index (χ0n) is 10.4. The Morgan fingerprint density at radius 2 is 2.17 bits per heavy atom. The van der Waals surface area contributed by atoms with Crippen LogP contribution in [-0.2, 0) is 4.74 Å². The number of rotatable bonds is 4. The standard InChI is InChI=1S/C12H17N3O3/c1-2-18-9-5-7-15(8-6-9)11-4-3-10(12(16)17)13-14-11/h3-4,9H,2,5-8H2,1H3,(H,16,17). The number of carbonyl (C=O) groups is 1. The number of aromatic carboxylic acids is 1. The van der Waals surface area contributed by atoms with Crippen LogP contribution in [0.25, 0.3) is 0 Å². The summed E-state index contributed by atoms with van der Waals surface area (Å²) in [5.74, 6) is -0.320. The van der Waals surface area contributed by atoms with Gasteiger partial charge in [-0.3, -0.25) is 0 Å². The molecule has 0 aliphatic carbocycles. The summed E-state index contributed by atoms with van der Waals surface area (Å²) in [6.07, 6.45) is 2.27. The Kier molecular flexibility index (Phi) is 4.09. The number of carboxylic acid groups (broad SMARTS) is 1. The monoisotopic (exact) mass is 251 g/mol. The summed E-state index contributed by atoms with van der Waals surface area (Å²) in [5.41, 5.74) is -0.0250. The number of carboxylic acids is 1. The molecule has 6 heteroatoms. The van der Waals surface area contributed by atoms with Gasteiger partial charge in [0, 0.05) is 19.7 Å². The van der Waals surface area contributed by atoms with Gasteiger partial charge in [-0.2, -0.15) is 0 Å². The molecule has 0 radical (unpaired) electrons. The lowest BCUT2D eigenvalue weighted by Crippen LogP contribution is -2.37. The Hall–Kier alpha value is -1.69. The molecule has 1 N–H and O–H groups in total. The Morgan fingerprint density at radius 3 is 2.67 bits per heavy atom. The third kappa shape index (κ3) is 2.95. The molecular weight excluding hydrogens is 234 g/mol. The van der Waals surface area contributed by atoms with Crippen molar-refractivity contribution in [2.45, 2.75) is 25.9 Å². The van der Waals surface area contributed by atoms with Gasteiger partial charge in [0.05, 0.1) is 6.10 Å². The molecule has 0 atom stereocenters. The molecule has 1 fully saturated rings. The quantitative estimate of drug-likeness (QED) is 0.866. The van der Waals surface area contributed by atoms with E-state index in [1.54, 1.807) is 6.07 Å². The fourth-order valence-corrected chi connectivity index (χ4v) is 2.10. The molecule has 0 amide bonds. The number of ether oxygens (including phenoxy) is 1. The van der Waals surface area contributed by atoms with Crippen LogP contribution in [-0.4, -0.2) is 47.1 Å². The predicted molar refractivity (Wildman–Crippen MR) is 65.9 cm³/mol. The minimum Gasteiger partial charge on any atom is -0.476 e. The number of piperidine rings is 1. The summed E-state index contributed by atoms with van der Waals surface area (Å²) in [5, 5.41) is 16.4. The zero-order chi connectivity index (χ0) is 13.0. The van der Waals surface area contributed by atoms with Crippen LogP contribution in [0.5, 0.6) is 0 Å². The highest BCUT2D eigenvalue weighted by atomic mass is 16.5. The maximum Gasteiger partial charge on any atom is 0.356 e. The smallest absolute Gasteiger partial charge is 0.356 e. The molecule has 6 nitrogen and oxygen atoms in total. The van der Waals surface area contributed by atoms with E-state index in [1.807, 2.05) is 6.92 Å². The van der Waals surface area contributed by atoms with E-state index in [9.17, 15) is 4.79 Å². The van der Waals surface area contributed by atoms with Crippen molar-refractivity contribution in [3.05, 3.63) is 17.8 Å². The molecule has 1 saturated heterocycles. The van der Waals surface area contributed by atoms with Crippen molar-refractivity contribution >= 4 is 11.8 Å². The molecule has 0 aromatic carbocycles. The van der Waals surface area contributed by atoms with E-state index >= 15 is 0 Å². The average Bonchev–Trinajstić information content (AvgIpc) is 2.40. The second kappa shape index (κ2) is 5.77. The molecule has 1 aliphatic heterocycles. The lowest BCUT2D eigenvalue weighted by Gasteiger charge is -2.32. The van der Waals surface area contributed by atoms with Gasteiger partial charge in [-0.05, 0) is 31.9 Å². The van der Waals surface area contributed by atoms with Gasteiger partial charge in [0.25, 0.3) is 0 Å². The SMILES string of the molecule is CCOC1CCN(c2ccc(C(=O)O)nn2)CC1. The number of hydrogen-bond acceptors (Lipinski definition) is 5. The fraction of sp³-hybridized carbons (Fsp3) is 0.583. The third-order valence-electron chi connectivity index (χ3n) is 3.04. The zero-order valence-corrected chi connectivity index (χ0v) is 10.4. The normalized spacial score (nSPS) is 16.8. The van der Waals surface area contributed by atoms with E-state index in [4.69, 9.17) is 9.84 Å². The minimum atomic E-state index is -1.05. The Morgan fingerprint density at radius 1 is 1.44 bits per heavy atom. The molecular formula is C12H17N3O3. The Labute approximate surface area is 106 Å². The van der Waals surface area contributed by atoms with E-state index in [0.717, 1.165) is 38.4 Å². The first-order valence-electron chi connectivity index (χ1n) is 6.14. The van der Waals surface area contributed by atoms with E-state index in [-0.39, 0.29) is 5.69 Å². The summed E-state index contributed by atoms with van der Waals surface area (Å²) in [6, 6.07) is 3.19. The molecule has 1 aromatic rings. The minimum absolute atomic E-state index is 0.0250. The van der Waals surface area contributed by atoms with Crippen LogP contribution in [0.2, 0.25) is 0 Å². The molecule has 1 aliphatic rings. The molecule has 18 heavy (non-hydrogen) atoms. The van der Waals surface area contributed by atoms with Crippen molar-refractivity contribution < 1.29 is 14.6 Å². The van der Waals surface area contributed by atoms with Gasteiger partial charge < -0.3 is 14.7 Å². The second-order valence-electron chi connectivity index (χ2n) is 4.22. The van der Waals surface area contributed by atoms with Gasteiger partial charge >= 0.3 is 5.97 Å². The van der Waals surface area contributed by atoms with E-state index in [1.165, 1.54) is 6.07 Å². The maximum atomic E-state index is 10.7. The lowest BCUT2D eigenvalue weighted by atomic mass is 10.1. The number of hydrogen-bond donors (Lipinski definition) is 1. The van der Waals surface area contributed by atoms with Crippen molar-refractivity contribution in [2.75, 3.05) is 24.6 Å². The van der Waals surface area contributed by atoms with Gasteiger partial charge in [-0.15, -0.1) is 10.2 Å². The van der Waals surface area contributed by atoms with E-state index in [2.05, 4.69) is 15.1 Å². The molecule has 2 heterocycles. The van der Waals surface area contributed by atoms with Crippen molar-refractivity contribution in [1.29, 1.82) is 0 Å². The van der Waals surface area contributed by atoms with Crippen LogP contribution >= 0.6 is 0 Å². The van der Waals surface area contributed by atoms with Gasteiger partial charge in [0.15, 0.2) is 11.5 Å². The van der Waals surface area contributed by atoms with E-state index < -0.39 is 5.97 Å². The summed E-state index contributed by atoms with van der Waals surface area (Å²) in [6.45, 7) is 4.48. The molecule has 2 rings (SSSR count). The predicted octanol–water partition coefficient (Wildman–Crippen LogP) is 1.18. The van der Waals surface area contributed by atoms with Crippen LogP contribution < -0.4 is 4.90 Å². The Balaban J connectivity index is 1.95. The highest BCUT2D eigenvalue weighted by molar-refractivity contribution is 5.85. The maximum absolute atomic E-state index is 10.7. The molecule has 0 saturated carbocycles. The average molecular weight is 251 g/mol. The largest absolute Gasteiger partial charge is 0.476 e. The van der Waals surface area contributed by atoms with Gasteiger partial charge in [0.2, 0.25) is 0 Å². The number of aromatic nitrogens is 2. The second-order valence-corrected chi connectivity index (χ2v) is 4.22. The summed E-state index contributed by atoms with van der Waals surface area (Å²) in [7, 11) is 0. The van der Waals surface area contributed by atoms with Crippen molar-refractivity contribution in [3.8, 4) is 0 Å². The first-order chi connectivity index (χ1) is 8.70. The lowest BCUT2D eigenvalue weighted by molar-refractivity contribution is 0.0458. The third-order valence-corrected chi connectivity index (χ3v) is 3.04. The highest BCUT2D eigenvalue weighted by Crippen LogP contribution is 2.19. The van der Waals surface area contributed by atoms with Gasteiger partial charge in [0.1, 0.15) is 0 Å². The van der Waals surface area contributed by atoms with Crippen LogP contribution in [0, 0.1) is 0 Å². The van der Waals surface area contributed by atoms with Crippen LogP contribution in [0.3, 0.4) is 0 Å².